The number of rotatable bonds is 0. The van der Waals surface area contributed by atoms with E-state index in [0.717, 1.165) is 0 Å². The minimum atomic E-state index is -0.836. The third-order valence-corrected chi connectivity index (χ3v) is 2.37. The third-order valence-electron chi connectivity index (χ3n) is 1.05. The zero-order chi connectivity index (χ0) is 7.07. The molecule has 0 aromatic rings. The number of hydrogen-bond acceptors (Lipinski definition) is 3. The molecule has 0 bridgehead atoms. The van der Waals surface area contributed by atoms with Gasteiger partial charge in [-0.2, -0.15) is 0 Å². The van der Waals surface area contributed by atoms with Gasteiger partial charge in [-0.3, -0.25) is 4.79 Å². The lowest BCUT2D eigenvalue weighted by molar-refractivity contribution is -0.115. The Balaban J connectivity index is 2.86. The van der Waals surface area contributed by atoms with Crippen molar-refractivity contribution >= 4 is 29.3 Å². The van der Waals surface area contributed by atoms with Gasteiger partial charge in [0.25, 0.3) is 0 Å². The van der Waals surface area contributed by atoms with E-state index in [-0.39, 0.29) is 5.78 Å². The molecule has 0 radical (unpaired) electrons. The second kappa shape index (κ2) is 1.92. The molecule has 1 N–H and O–H groups in total. The minimum Gasteiger partial charge on any atom is -0.325 e. The summed E-state index contributed by atoms with van der Waals surface area (Å²) < 4.78 is 1.86. The largest absolute Gasteiger partial charge is 0.325 e. The molecule has 2 nitrogen and oxygen atoms in total. The average Bonchev–Trinajstić information content (AvgIpc) is 1.97. The van der Waals surface area contributed by atoms with Crippen LogP contribution in [0.25, 0.3) is 0 Å². The van der Waals surface area contributed by atoms with E-state index in [2.05, 4.69) is 11.3 Å². The van der Waals surface area contributed by atoms with E-state index < -0.39 is 4.21 Å². The van der Waals surface area contributed by atoms with E-state index in [4.69, 9.17) is 11.6 Å². The van der Waals surface area contributed by atoms with Crippen molar-refractivity contribution in [2.75, 3.05) is 0 Å². The number of carbonyl (C=O) groups is 1. The van der Waals surface area contributed by atoms with Crippen LogP contribution < -0.4 is 4.72 Å². The monoisotopic (exact) mass is 163 g/mol. The quantitative estimate of drug-likeness (QED) is 0.331. The van der Waals surface area contributed by atoms with E-state index in [1.165, 1.54) is 11.9 Å². The topological polar surface area (TPSA) is 29.1 Å². The SMILES string of the molecule is C=C1NSC(C)(Cl)C1=O. The predicted octanol–water partition coefficient (Wildman–Crippen LogP) is 1.28. The van der Waals surface area contributed by atoms with Gasteiger partial charge in [0.1, 0.15) is 0 Å². The Bertz CT molecular complexity index is 178. The summed E-state index contributed by atoms with van der Waals surface area (Å²) in [6.07, 6.45) is 0. The molecule has 0 aliphatic carbocycles. The van der Waals surface area contributed by atoms with E-state index in [9.17, 15) is 4.79 Å². The Kier molecular flexibility index (Phi) is 1.49. The van der Waals surface area contributed by atoms with Crippen LogP contribution in [0.3, 0.4) is 0 Å². The van der Waals surface area contributed by atoms with Crippen molar-refractivity contribution in [2.24, 2.45) is 0 Å². The van der Waals surface area contributed by atoms with Crippen molar-refractivity contribution in [3.8, 4) is 0 Å². The van der Waals surface area contributed by atoms with Crippen LogP contribution in [-0.4, -0.2) is 9.99 Å². The number of nitrogens with one attached hydrogen (secondary N) is 1. The summed E-state index contributed by atoms with van der Waals surface area (Å²) in [4.78, 5) is 10.9. The molecule has 1 heterocycles. The van der Waals surface area contributed by atoms with Crippen molar-refractivity contribution in [2.45, 2.75) is 11.1 Å². The molecule has 1 rings (SSSR count). The third kappa shape index (κ3) is 1.07. The molecule has 9 heavy (non-hydrogen) atoms. The average molecular weight is 164 g/mol. The Morgan fingerprint density at radius 2 is 2.44 bits per heavy atom. The van der Waals surface area contributed by atoms with E-state index in [1.54, 1.807) is 6.92 Å². The Morgan fingerprint density at radius 1 is 1.89 bits per heavy atom. The Morgan fingerprint density at radius 3 is 2.56 bits per heavy atom. The number of carbonyl (C=O) groups excluding carboxylic acids is 1. The molecule has 4 heteroatoms. The van der Waals surface area contributed by atoms with Crippen molar-refractivity contribution in [3.63, 3.8) is 0 Å². The Labute approximate surface area is 62.8 Å². The van der Waals surface area contributed by atoms with Crippen LogP contribution in [0.5, 0.6) is 0 Å². The number of hydrogen-bond donors (Lipinski definition) is 1. The van der Waals surface area contributed by atoms with Gasteiger partial charge in [-0.25, -0.2) is 0 Å². The van der Waals surface area contributed by atoms with Crippen molar-refractivity contribution in [1.82, 2.24) is 4.72 Å². The summed E-state index contributed by atoms with van der Waals surface area (Å²) in [5.41, 5.74) is 0.387. The molecule has 0 amide bonds. The number of allylic oxidation sites excluding steroid dienone is 1. The molecule has 1 atom stereocenters. The molecule has 0 aromatic carbocycles. The summed E-state index contributed by atoms with van der Waals surface area (Å²) in [5.74, 6) is -0.130. The molecule has 1 unspecified atom stereocenters. The first-order chi connectivity index (χ1) is 4.04. The van der Waals surface area contributed by atoms with Gasteiger partial charge in [0.05, 0.1) is 5.70 Å². The first-order valence-corrected chi connectivity index (χ1v) is 3.60. The molecule has 50 valence electrons. The summed E-state index contributed by atoms with van der Waals surface area (Å²) in [6.45, 7) is 5.11. The van der Waals surface area contributed by atoms with Crippen LogP contribution >= 0.6 is 23.5 Å². The molecule has 1 fully saturated rings. The molecule has 1 saturated heterocycles. The van der Waals surface area contributed by atoms with Crippen LogP contribution in [0.4, 0.5) is 0 Å². The maximum Gasteiger partial charge on any atom is 0.211 e. The van der Waals surface area contributed by atoms with Gasteiger partial charge in [-0.05, 0) is 18.9 Å². The van der Waals surface area contributed by atoms with Crippen molar-refractivity contribution in [3.05, 3.63) is 12.3 Å². The van der Waals surface area contributed by atoms with E-state index >= 15 is 0 Å². The lowest BCUT2D eigenvalue weighted by Gasteiger charge is -2.05. The smallest absolute Gasteiger partial charge is 0.211 e. The summed E-state index contributed by atoms with van der Waals surface area (Å²) >= 11 is 6.89. The van der Waals surface area contributed by atoms with Gasteiger partial charge in [0.2, 0.25) is 5.78 Å². The first-order valence-electron chi connectivity index (χ1n) is 2.40. The molecule has 0 saturated carbocycles. The number of halogens is 1. The van der Waals surface area contributed by atoms with Crippen LogP contribution in [-0.2, 0) is 4.79 Å². The van der Waals surface area contributed by atoms with Crippen LogP contribution in [0.2, 0.25) is 0 Å². The van der Waals surface area contributed by atoms with Gasteiger partial charge in [0.15, 0.2) is 4.21 Å². The van der Waals surface area contributed by atoms with E-state index in [1.807, 2.05) is 0 Å². The van der Waals surface area contributed by atoms with Crippen molar-refractivity contribution in [1.29, 1.82) is 0 Å². The molecule has 1 aliphatic heterocycles. The summed E-state index contributed by atoms with van der Waals surface area (Å²) in [5, 5.41) is 0. The van der Waals surface area contributed by atoms with Crippen LogP contribution in [0.1, 0.15) is 6.92 Å². The van der Waals surface area contributed by atoms with Gasteiger partial charge in [-0.15, -0.1) is 0 Å². The second-order valence-electron chi connectivity index (χ2n) is 1.93. The highest BCUT2D eigenvalue weighted by molar-refractivity contribution is 8.01. The maximum absolute atomic E-state index is 10.9. The Hall–Kier alpha value is -0.150. The van der Waals surface area contributed by atoms with Crippen LogP contribution in [0.15, 0.2) is 12.3 Å². The van der Waals surface area contributed by atoms with Gasteiger partial charge >= 0.3 is 0 Å². The fourth-order valence-electron chi connectivity index (χ4n) is 0.520. The normalized spacial score (nSPS) is 34.9. The maximum atomic E-state index is 10.9. The lowest BCUT2D eigenvalue weighted by atomic mass is 10.2. The van der Waals surface area contributed by atoms with Gasteiger partial charge in [0, 0.05) is 0 Å². The highest BCUT2D eigenvalue weighted by Gasteiger charge is 2.39. The predicted molar refractivity (Wildman–Crippen MR) is 39.1 cm³/mol. The molecular weight excluding hydrogens is 158 g/mol. The van der Waals surface area contributed by atoms with Crippen molar-refractivity contribution < 1.29 is 4.79 Å². The fraction of sp³-hybridized carbons (Fsp3) is 0.400. The molecule has 0 aromatic heterocycles. The minimum absolute atomic E-state index is 0.130. The van der Waals surface area contributed by atoms with Crippen LogP contribution in [0, 0.1) is 0 Å². The fourth-order valence-corrected chi connectivity index (χ4v) is 1.37. The lowest BCUT2D eigenvalue weighted by Crippen LogP contribution is -2.18. The summed E-state index contributed by atoms with van der Waals surface area (Å²) in [6, 6.07) is 0. The highest BCUT2D eigenvalue weighted by atomic mass is 35.5. The second-order valence-corrected chi connectivity index (χ2v) is 4.13. The number of alkyl halides is 1. The van der Waals surface area contributed by atoms with Gasteiger partial charge < -0.3 is 4.72 Å². The zero-order valence-electron chi connectivity index (χ0n) is 4.90. The summed E-state index contributed by atoms with van der Waals surface area (Å²) in [7, 11) is 0. The zero-order valence-corrected chi connectivity index (χ0v) is 6.47. The number of Topliss-reactive ketones (excluding diaryl/α,β-unsaturated/α-hetero) is 1. The number of ketones is 1. The standard InChI is InChI=1S/C5H6ClNOS/c1-3-4(8)5(2,6)9-7-3/h7H,1H2,2H3. The molecule has 1 aliphatic rings. The van der Waals surface area contributed by atoms with E-state index in [0.29, 0.717) is 5.70 Å². The first kappa shape index (κ1) is 6.96. The highest BCUT2D eigenvalue weighted by Crippen LogP contribution is 2.36. The molecule has 0 spiro atoms. The van der Waals surface area contributed by atoms with Gasteiger partial charge in [-0.1, -0.05) is 18.2 Å². The molecular formula is C5H6ClNOS.